The molecule has 1 amide bonds. The zero-order valence-corrected chi connectivity index (χ0v) is 15.5. The number of hydrogen-bond donors (Lipinski definition) is 1. The van der Waals surface area contributed by atoms with Crippen LogP contribution in [0.3, 0.4) is 0 Å². The Balaban J connectivity index is 1.32. The van der Waals surface area contributed by atoms with Crippen molar-refractivity contribution < 1.29 is 9.53 Å². The quantitative estimate of drug-likeness (QED) is 0.735. The number of benzene rings is 2. The molecule has 0 saturated carbocycles. The third-order valence-corrected chi connectivity index (χ3v) is 4.89. The van der Waals surface area contributed by atoms with E-state index in [0.717, 1.165) is 38.2 Å². The van der Waals surface area contributed by atoms with Gasteiger partial charge in [-0.15, -0.1) is 0 Å². The molecule has 1 heterocycles. The predicted octanol–water partition coefficient (Wildman–Crippen LogP) is 3.80. The van der Waals surface area contributed by atoms with Crippen LogP contribution in [0.5, 0.6) is 5.75 Å². The molecule has 1 N–H and O–H groups in total. The fourth-order valence-corrected chi connectivity index (χ4v) is 3.42. The van der Waals surface area contributed by atoms with Gasteiger partial charge in [0.05, 0.1) is 6.61 Å². The second-order valence-electron chi connectivity index (χ2n) is 6.96. The summed E-state index contributed by atoms with van der Waals surface area (Å²) < 4.78 is 5.62. The van der Waals surface area contributed by atoms with Gasteiger partial charge < -0.3 is 15.0 Å². The maximum atomic E-state index is 12.0. The summed E-state index contributed by atoms with van der Waals surface area (Å²) in [4.78, 5) is 14.5. The summed E-state index contributed by atoms with van der Waals surface area (Å²) in [6.45, 7) is 5.57. The van der Waals surface area contributed by atoms with E-state index >= 15 is 0 Å². The number of nitrogens with one attached hydrogen (secondary N) is 1. The number of nitrogens with zero attached hydrogens (tertiary/aromatic N) is 1. The smallest absolute Gasteiger partial charge is 0.220 e. The third kappa shape index (κ3) is 5.25. The average Bonchev–Trinajstić information content (AvgIpc) is 3.13. The average molecular weight is 352 g/mol. The summed E-state index contributed by atoms with van der Waals surface area (Å²) in [5, 5.41) is 3.09. The van der Waals surface area contributed by atoms with E-state index in [1.807, 2.05) is 30.3 Å². The van der Waals surface area contributed by atoms with Crippen LogP contribution in [-0.2, 0) is 4.79 Å². The van der Waals surface area contributed by atoms with Crippen molar-refractivity contribution in [3.05, 3.63) is 60.2 Å². The number of anilines is 1. The molecular weight excluding hydrogens is 324 g/mol. The van der Waals surface area contributed by atoms with Crippen LogP contribution >= 0.6 is 0 Å². The molecule has 0 aliphatic carbocycles. The number of ether oxygens (including phenoxy) is 1. The molecule has 0 unspecified atom stereocenters. The third-order valence-electron chi connectivity index (χ3n) is 4.89. The van der Waals surface area contributed by atoms with Crippen LogP contribution in [0.15, 0.2) is 54.6 Å². The number of carbonyl (C=O) groups is 1. The highest BCUT2D eigenvalue weighted by atomic mass is 16.5. The highest BCUT2D eigenvalue weighted by molar-refractivity contribution is 5.75. The maximum Gasteiger partial charge on any atom is 0.220 e. The van der Waals surface area contributed by atoms with Crippen molar-refractivity contribution in [1.82, 2.24) is 5.32 Å². The maximum absolute atomic E-state index is 12.0. The molecule has 1 atom stereocenters. The summed E-state index contributed by atoms with van der Waals surface area (Å²) in [7, 11) is 0. The van der Waals surface area contributed by atoms with Gasteiger partial charge in [-0.25, -0.2) is 0 Å². The number of para-hydroxylation sites is 2. The predicted molar refractivity (Wildman–Crippen MR) is 106 cm³/mol. The second-order valence-corrected chi connectivity index (χ2v) is 6.96. The first kappa shape index (κ1) is 18.3. The summed E-state index contributed by atoms with van der Waals surface area (Å²) in [6, 6.07) is 18.2. The molecule has 0 spiro atoms. The topological polar surface area (TPSA) is 41.6 Å². The minimum Gasteiger partial charge on any atom is -0.494 e. The van der Waals surface area contributed by atoms with Gasteiger partial charge in [0.15, 0.2) is 0 Å². The van der Waals surface area contributed by atoms with E-state index in [9.17, 15) is 4.79 Å². The number of amides is 1. The molecule has 138 valence electrons. The minimum absolute atomic E-state index is 0.121. The van der Waals surface area contributed by atoms with Crippen LogP contribution < -0.4 is 15.0 Å². The fraction of sp³-hybridized carbons (Fsp3) is 0.409. The molecule has 1 saturated heterocycles. The number of rotatable bonds is 8. The van der Waals surface area contributed by atoms with Crippen molar-refractivity contribution in [3.8, 4) is 5.75 Å². The highest BCUT2D eigenvalue weighted by Crippen LogP contribution is 2.26. The monoisotopic (exact) mass is 352 g/mol. The van der Waals surface area contributed by atoms with Gasteiger partial charge in [0.1, 0.15) is 5.75 Å². The van der Waals surface area contributed by atoms with Crippen LogP contribution in [0.25, 0.3) is 0 Å². The van der Waals surface area contributed by atoms with E-state index in [-0.39, 0.29) is 5.91 Å². The lowest BCUT2D eigenvalue weighted by Gasteiger charge is -2.21. The Hall–Kier alpha value is -2.49. The molecule has 1 fully saturated rings. The first-order valence-corrected chi connectivity index (χ1v) is 9.47. The number of carbonyl (C=O) groups excluding carboxylic acids is 1. The molecule has 26 heavy (non-hydrogen) atoms. The molecule has 2 aromatic carbocycles. The van der Waals surface area contributed by atoms with Crippen LogP contribution in [0.4, 0.5) is 5.69 Å². The SMILES string of the molecule is Cc1ccccc1N1CC[C@H](CNC(=O)CCCOc2ccccc2)C1. The Morgan fingerprint density at radius 2 is 1.92 bits per heavy atom. The minimum atomic E-state index is 0.121. The Kier molecular flexibility index (Phi) is 6.53. The van der Waals surface area contributed by atoms with Gasteiger partial charge >= 0.3 is 0 Å². The largest absolute Gasteiger partial charge is 0.494 e. The van der Waals surface area contributed by atoms with Crippen molar-refractivity contribution >= 4 is 11.6 Å². The van der Waals surface area contributed by atoms with Crippen molar-refractivity contribution in [3.63, 3.8) is 0 Å². The Labute approximate surface area is 156 Å². The van der Waals surface area contributed by atoms with Gasteiger partial charge in [-0.05, 0) is 49.4 Å². The molecule has 1 aliphatic rings. The Morgan fingerprint density at radius 1 is 1.15 bits per heavy atom. The summed E-state index contributed by atoms with van der Waals surface area (Å²) in [5.41, 5.74) is 2.63. The Morgan fingerprint density at radius 3 is 2.73 bits per heavy atom. The van der Waals surface area contributed by atoms with Gasteiger partial charge in [0.25, 0.3) is 0 Å². The molecule has 0 aromatic heterocycles. The van der Waals surface area contributed by atoms with Gasteiger partial charge in [-0.3, -0.25) is 4.79 Å². The van der Waals surface area contributed by atoms with Crippen LogP contribution in [0.1, 0.15) is 24.8 Å². The summed E-state index contributed by atoms with van der Waals surface area (Å²) in [6.07, 6.45) is 2.38. The van der Waals surface area contributed by atoms with E-state index in [2.05, 4.69) is 41.4 Å². The number of aryl methyl sites for hydroxylation is 1. The zero-order chi connectivity index (χ0) is 18.2. The lowest BCUT2D eigenvalue weighted by molar-refractivity contribution is -0.121. The van der Waals surface area contributed by atoms with Crippen LogP contribution in [-0.4, -0.2) is 32.1 Å². The molecule has 4 heteroatoms. The van der Waals surface area contributed by atoms with Gasteiger partial charge in [0, 0.05) is 31.7 Å². The standard InChI is InChI=1S/C22H28N2O2/c1-18-8-5-6-11-21(18)24-14-13-19(17-24)16-23-22(25)12-7-15-26-20-9-3-2-4-10-20/h2-6,8-11,19H,7,12-17H2,1H3,(H,23,25)/t19-/m1/s1. The van der Waals surface area contributed by atoms with E-state index in [4.69, 9.17) is 4.74 Å². The van der Waals surface area contributed by atoms with Gasteiger partial charge in [-0.1, -0.05) is 36.4 Å². The van der Waals surface area contributed by atoms with Crippen molar-refractivity contribution in [2.75, 3.05) is 31.1 Å². The molecule has 3 rings (SSSR count). The number of hydrogen-bond acceptors (Lipinski definition) is 3. The first-order chi connectivity index (χ1) is 12.7. The Bertz CT molecular complexity index is 702. The van der Waals surface area contributed by atoms with E-state index in [0.29, 0.717) is 18.9 Å². The molecule has 2 aromatic rings. The summed E-state index contributed by atoms with van der Waals surface area (Å²) >= 11 is 0. The fourth-order valence-electron chi connectivity index (χ4n) is 3.42. The molecule has 4 nitrogen and oxygen atoms in total. The normalized spacial score (nSPS) is 16.5. The van der Waals surface area contributed by atoms with Gasteiger partial charge in [-0.2, -0.15) is 0 Å². The lowest BCUT2D eigenvalue weighted by atomic mass is 10.1. The first-order valence-electron chi connectivity index (χ1n) is 9.47. The van der Waals surface area contributed by atoms with E-state index < -0.39 is 0 Å². The second kappa shape index (κ2) is 9.27. The molecule has 1 aliphatic heterocycles. The van der Waals surface area contributed by atoms with Crippen molar-refractivity contribution in [2.45, 2.75) is 26.2 Å². The van der Waals surface area contributed by atoms with Gasteiger partial charge in [0.2, 0.25) is 5.91 Å². The van der Waals surface area contributed by atoms with Crippen molar-refractivity contribution in [1.29, 1.82) is 0 Å². The lowest BCUT2D eigenvalue weighted by Crippen LogP contribution is -2.31. The molecule has 0 bridgehead atoms. The molecular formula is C22H28N2O2. The summed E-state index contributed by atoms with van der Waals surface area (Å²) in [5.74, 6) is 1.50. The highest BCUT2D eigenvalue weighted by Gasteiger charge is 2.23. The zero-order valence-electron chi connectivity index (χ0n) is 15.5. The van der Waals surface area contributed by atoms with Crippen LogP contribution in [0, 0.1) is 12.8 Å². The van der Waals surface area contributed by atoms with Crippen molar-refractivity contribution in [2.24, 2.45) is 5.92 Å². The van der Waals surface area contributed by atoms with E-state index in [1.165, 1.54) is 11.3 Å². The van der Waals surface area contributed by atoms with E-state index in [1.54, 1.807) is 0 Å². The van der Waals surface area contributed by atoms with Crippen LogP contribution in [0.2, 0.25) is 0 Å². The molecule has 0 radical (unpaired) electrons.